The van der Waals surface area contributed by atoms with Gasteiger partial charge in [-0.1, -0.05) is 37.3 Å². The van der Waals surface area contributed by atoms with Gasteiger partial charge < -0.3 is 10.4 Å². The molecule has 0 amide bonds. The zero-order chi connectivity index (χ0) is 10.6. The van der Waals surface area contributed by atoms with Crippen LogP contribution < -0.4 is 5.32 Å². The lowest BCUT2D eigenvalue weighted by molar-refractivity contribution is 0.131. The summed E-state index contributed by atoms with van der Waals surface area (Å²) in [6, 6.07) is 9.61. The number of rotatable bonds is 3. The number of para-hydroxylation sites is 1. The number of benzene rings is 1. The van der Waals surface area contributed by atoms with E-state index in [4.69, 9.17) is 12.2 Å². The van der Waals surface area contributed by atoms with Gasteiger partial charge >= 0.3 is 0 Å². The van der Waals surface area contributed by atoms with Crippen LogP contribution in [0.25, 0.3) is 0 Å². The van der Waals surface area contributed by atoms with Crippen LogP contribution in [0, 0.1) is 0 Å². The van der Waals surface area contributed by atoms with Crippen LogP contribution in [-0.4, -0.2) is 15.7 Å². The maximum Gasteiger partial charge on any atom is 0.112 e. The quantitative estimate of drug-likeness (QED) is 0.750. The Morgan fingerprint density at radius 3 is 2.50 bits per heavy atom. The van der Waals surface area contributed by atoms with Crippen molar-refractivity contribution in [3.05, 3.63) is 30.3 Å². The summed E-state index contributed by atoms with van der Waals surface area (Å²) in [6.45, 7) is 3.62. The molecule has 1 unspecified atom stereocenters. The molecule has 0 aromatic heterocycles. The van der Waals surface area contributed by atoms with Crippen LogP contribution in [0.4, 0.5) is 5.69 Å². The summed E-state index contributed by atoms with van der Waals surface area (Å²) in [4.78, 5) is 0.464. The van der Waals surface area contributed by atoms with Gasteiger partial charge in [0.1, 0.15) is 10.6 Å². The predicted octanol–water partition coefficient (Wildman–Crippen LogP) is 2.59. The van der Waals surface area contributed by atoms with Gasteiger partial charge in [-0.3, -0.25) is 0 Å². The van der Waals surface area contributed by atoms with Crippen molar-refractivity contribution in [3.63, 3.8) is 0 Å². The second kappa shape index (κ2) is 4.53. The first kappa shape index (κ1) is 11.1. The van der Waals surface area contributed by atoms with E-state index in [0.717, 1.165) is 5.69 Å². The second-order valence-electron chi connectivity index (χ2n) is 3.45. The summed E-state index contributed by atoms with van der Waals surface area (Å²) in [6.07, 6.45) is 0.603. The zero-order valence-corrected chi connectivity index (χ0v) is 9.27. The van der Waals surface area contributed by atoms with Gasteiger partial charge in [0.05, 0.1) is 0 Å². The number of aliphatic hydroxyl groups is 1. The van der Waals surface area contributed by atoms with Crippen molar-refractivity contribution in [1.82, 2.24) is 0 Å². The molecule has 1 rings (SSSR count). The molecular formula is C11H15NOS. The Morgan fingerprint density at radius 2 is 2.00 bits per heavy atom. The molecule has 14 heavy (non-hydrogen) atoms. The van der Waals surface area contributed by atoms with Crippen molar-refractivity contribution >= 4 is 22.9 Å². The molecule has 1 atom stereocenters. The van der Waals surface area contributed by atoms with Crippen molar-refractivity contribution in [2.24, 2.45) is 0 Å². The van der Waals surface area contributed by atoms with E-state index in [0.29, 0.717) is 11.4 Å². The molecule has 3 heteroatoms. The fraction of sp³-hybridized carbons (Fsp3) is 0.364. The van der Waals surface area contributed by atoms with Crippen LogP contribution >= 0.6 is 12.2 Å². The van der Waals surface area contributed by atoms with Gasteiger partial charge in [0.2, 0.25) is 0 Å². The highest BCUT2D eigenvalue weighted by molar-refractivity contribution is 7.80. The molecule has 0 fully saturated rings. The highest BCUT2D eigenvalue weighted by atomic mass is 32.1. The monoisotopic (exact) mass is 209 g/mol. The smallest absolute Gasteiger partial charge is 0.112 e. The van der Waals surface area contributed by atoms with E-state index < -0.39 is 5.60 Å². The van der Waals surface area contributed by atoms with Crippen molar-refractivity contribution in [3.8, 4) is 0 Å². The molecule has 0 spiro atoms. The molecule has 0 bridgehead atoms. The molecule has 0 radical (unpaired) electrons. The standard InChI is InChI=1S/C11H15NOS/c1-3-11(2,13)10(14)12-9-7-5-4-6-8-9/h4-8,13H,3H2,1-2H3,(H,12,14). The van der Waals surface area contributed by atoms with Crippen LogP contribution in [0.15, 0.2) is 30.3 Å². The molecule has 1 aromatic rings. The third-order valence-electron chi connectivity index (χ3n) is 2.21. The van der Waals surface area contributed by atoms with E-state index in [1.807, 2.05) is 37.3 Å². The van der Waals surface area contributed by atoms with E-state index in [-0.39, 0.29) is 0 Å². The summed E-state index contributed by atoms with van der Waals surface area (Å²) in [5, 5.41) is 12.9. The molecule has 0 saturated carbocycles. The maximum atomic E-state index is 9.85. The normalized spacial score (nSPS) is 14.5. The van der Waals surface area contributed by atoms with Gasteiger partial charge in [-0.05, 0) is 25.5 Å². The molecule has 1 aromatic carbocycles. The van der Waals surface area contributed by atoms with E-state index in [1.54, 1.807) is 6.92 Å². The van der Waals surface area contributed by atoms with Crippen molar-refractivity contribution in [1.29, 1.82) is 0 Å². The Kier molecular flexibility index (Phi) is 3.61. The third kappa shape index (κ3) is 2.79. The Hall–Kier alpha value is -0.930. The number of anilines is 1. The fourth-order valence-corrected chi connectivity index (χ4v) is 1.21. The minimum atomic E-state index is -0.925. The van der Waals surface area contributed by atoms with Crippen LogP contribution in [-0.2, 0) is 0 Å². The first-order valence-electron chi connectivity index (χ1n) is 4.65. The third-order valence-corrected chi connectivity index (χ3v) is 2.75. The Balaban J connectivity index is 2.67. The Labute approximate surface area is 90.0 Å². The minimum Gasteiger partial charge on any atom is -0.383 e. The van der Waals surface area contributed by atoms with Crippen LogP contribution in [0.2, 0.25) is 0 Å². The fourth-order valence-electron chi connectivity index (χ4n) is 0.948. The SMILES string of the molecule is CCC(C)(O)C(=S)Nc1ccccc1. The van der Waals surface area contributed by atoms with Crippen LogP contribution in [0.1, 0.15) is 20.3 Å². The van der Waals surface area contributed by atoms with Crippen molar-refractivity contribution in [2.45, 2.75) is 25.9 Å². The molecule has 0 aliphatic rings. The molecular weight excluding hydrogens is 194 g/mol. The molecule has 2 nitrogen and oxygen atoms in total. The highest BCUT2D eigenvalue weighted by Gasteiger charge is 2.23. The molecule has 0 aliphatic heterocycles. The summed E-state index contributed by atoms with van der Waals surface area (Å²) in [5.41, 5.74) is -0.0169. The van der Waals surface area contributed by atoms with Gasteiger partial charge in [0, 0.05) is 5.69 Å². The van der Waals surface area contributed by atoms with Gasteiger partial charge in [-0.2, -0.15) is 0 Å². The summed E-state index contributed by atoms with van der Waals surface area (Å²) < 4.78 is 0. The average Bonchev–Trinajstić information content (AvgIpc) is 2.19. The van der Waals surface area contributed by atoms with Gasteiger partial charge in [-0.15, -0.1) is 0 Å². The average molecular weight is 209 g/mol. The van der Waals surface area contributed by atoms with Crippen LogP contribution in [0.3, 0.4) is 0 Å². The van der Waals surface area contributed by atoms with Gasteiger partial charge in [0.15, 0.2) is 0 Å². The van der Waals surface area contributed by atoms with E-state index >= 15 is 0 Å². The summed E-state index contributed by atoms with van der Waals surface area (Å²) in [5.74, 6) is 0. The van der Waals surface area contributed by atoms with E-state index in [2.05, 4.69) is 5.32 Å². The molecule has 76 valence electrons. The van der Waals surface area contributed by atoms with Crippen molar-refractivity contribution < 1.29 is 5.11 Å². The summed E-state index contributed by atoms with van der Waals surface area (Å²) in [7, 11) is 0. The minimum absolute atomic E-state index is 0.464. The maximum absolute atomic E-state index is 9.85. The van der Waals surface area contributed by atoms with Crippen LogP contribution in [0.5, 0.6) is 0 Å². The highest BCUT2D eigenvalue weighted by Crippen LogP contribution is 2.14. The first-order chi connectivity index (χ1) is 6.56. The van der Waals surface area contributed by atoms with E-state index in [9.17, 15) is 5.11 Å². The molecule has 0 saturated heterocycles. The predicted molar refractivity (Wildman–Crippen MR) is 63.6 cm³/mol. The number of hydrogen-bond donors (Lipinski definition) is 2. The Bertz CT molecular complexity index is 308. The van der Waals surface area contributed by atoms with Gasteiger partial charge in [0.25, 0.3) is 0 Å². The molecule has 2 N–H and O–H groups in total. The Morgan fingerprint density at radius 1 is 1.43 bits per heavy atom. The number of hydrogen-bond acceptors (Lipinski definition) is 2. The summed E-state index contributed by atoms with van der Waals surface area (Å²) >= 11 is 5.11. The lowest BCUT2D eigenvalue weighted by Crippen LogP contribution is -2.37. The molecule has 0 aliphatic carbocycles. The second-order valence-corrected chi connectivity index (χ2v) is 3.86. The lowest BCUT2D eigenvalue weighted by atomic mass is 10.0. The largest absolute Gasteiger partial charge is 0.383 e. The van der Waals surface area contributed by atoms with Crippen molar-refractivity contribution in [2.75, 3.05) is 5.32 Å². The zero-order valence-electron chi connectivity index (χ0n) is 8.45. The topological polar surface area (TPSA) is 32.3 Å². The first-order valence-corrected chi connectivity index (χ1v) is 5.06. The number of thiocarbonyl (C=S) groups is 1. The number of nitrogens with one attached hydrogen (secondary N) is 1. The van der Waals surface area contributed by atoms with E-state index in [1.165, 1.54) is 0 Å². The molecule has 0 heterocycles. The van der Waals surface area contributed by atoms with Gasteiger partial charge in [-0.25, -0.2) is 0 Å². The lowest BCUT2D eigenvalue weighted by Gasteiger charge is -2.23.